The van der Waals surface area contributed by atoms with E-state index < -0.39 is 0 Å². The molecule has 2 N–H and O–H groups in total. The molecule has 6 heteroatoms. The number of halogens is 1. The maximum Gasteiger partial charge on any atom is 0.218 e. The molecule has 0 spiro atoms. The van der Waals surface area contributed by atoms with E-state index in [1.54, 1.807) is 20.4 Å². The van der Waals surface area contributed by atoms with Crippen LogP contribution in [0.5, 0.6) is 5.88 Å². The molecular weight excluding hydrogens is 403 g/mol. The number of guanidine groups is 1. The van der Waals surface area contributed by atoms with Crippen LogP contribution in [-0.2, 0) is 13.1 Å². The van der Waals surface area contributed by atoms with Crippen molar-refractivity contribution in [1.82, 2.24) is 15.6 Å². The van der Waals surface area contributed by atoms with Gasteiger partial charge in [0, 0.05) is 31.9 Å². The highest BCUT2D eigenvalue weighted by atomic mass is 127. The van der Waals surface area contributed by atoms with Crippen LogP contribution in [0, 0.1) is 6.92 Å². The lowest BCUT2D eigenvalue weighted by Crippen LogP contribution is -2.36. The van der Waals surface area contributed by atoms with Crippen molar-refractivity contribution in [2.24, 2.45) is 4.99 Å². The number of hydrogen-bond donors (Lipinski definition) is 2. The number of nitrogens with one attached hydrogen (secondary N) is 2. The number of aryl methyl sites for hydroxylation is 1. The summed E-state index contributed by atoms with van der Waals surface area (Å²) in [4.78, 5) is 8.40. The van der Waals surface area contributed by atoms with Gasteiger partial charge >= 0.3 is 0 Å². The van der Waals surface area contributed by atoms with Crippen LogP contribution in [0.25, 0.3) is 0 Å². The van der Waals surface area contributed by atoms with Crippen molar-refractivity contribution >= 4 is 29.9 Å². The molecule has 0 saturated carbocycles. The van der Waals surface area contributed by atoms with Crippen molar-refractivity contribution in [2.45, 2.75) is 20.0 Å². The fourth-order valence-corrected chi connectivity index (χ4v) is 2.03. The molecule has 23 heavy (non-hydrogen) atoms. The molecule has 0 aliphatic carbocycles. The van der Waals surface area contributed by atoms with Gasteiger partial charge in [0.15, 0.2) is 5.96 Å². The van der Waals surface area contributed by atoms with E-state index in [0.717, 1.165) is 18.1 Å². The van der Waals surface area contributed by atoms with Crippen LogP contribution < -0.4 is 15.4 Å². The molecule has 1 heterocycles. The zero-order chi connectivity index (χ0) is 15.8. The Morgan fingerprint density at radius 1 is 1.13 bits per heavy atom. The summed E-state index contributed by atoms with van der Waals surface area (Å²) in [7, 11) is 3.38. The summed E-state index contributed by atoms with van der Waals surface area (Å²) in [5.74, 6) is 1.37. The van der Waals surface area contributed by atoms with Gasteiger partial charge in [0.1, 0.15) is 0 Å². The Labute approximate surface area is 154 Å². The first kappa shape index (κ1) is 19.2. The second-order valence-electron chi connectivity index (χ2n) is 4.94. The van der Waals surface area contributed by atoms with Crippen molar-refractivity contribution in [1.29, 1.82) is 0 Å². The number of benzene rings is 1. The Hall–Kier alpha value is -1.83. The molecular formula is C17H23IN4O. The number of hydrogen-bond acceptors (Lipinski definition) is 3. The van der Waals surface area contributed by atoms with Gasteiger partial charge in [-0.3, -0.25) is 4.99 Å². The van der Waals surface area contributed by atoms with Crippen LogP contribution in [0.15, 0.2) is 47.6 Å². The first-order valence-electron chi connectivity index (χ1n) is 7.21. The normalized spacial score (nSPS) is 10.7. The topological polar surface area (TPSA) is 58.5 Å². The maximum absolute atomic E-state index is 5.24. The minimum Gasteiger partial charge on any atom is -0.481 e. The van der Waals surface area contributed by atoms with Crippen molar-refractivity contribution in [2.75, 3.05) is 14.2 Å². The van der Waals surface area contributed by atoms with E-state index in [1.807, 2.05) is 12.1 Å². The summed E-state index contributed by atoms with van der Waals surface area (Å²) < 4.78 is 5.24. The third-order valence-corrected chi connectivity index (χ3v) is 3.29. The Balaban J connectivity index is 0.00000264. The minimum atomic E-state index is 0. The average Bonchev–Trinajstić information content (AvgIpc) is 2.57. The van der Waals surface area contributed by atoms with Gasteiger partial charge in [0.25, 0.3) is 0 Å². The maximum atomic E-state index is 5.24. The van der Waals surface area contributed by atoms with Gasteiger partial charge in [-0.2, -0.15) is 0 Å². The number of pyridine rings is 1. The Kier molecular flexibility index (Phi) is 8.39. The molecule has 0 bridgehead atoms. The lowest BCUT2D eigenvalue weighted by atomic mass is 10.1. The SMILES string of the molecule is CN=C(NCc1ccc(C)cc1)NCc1cccnc1OC.I. The highest BCUT2D eigenvalue weighted by Crippen LogP contribution is 2.12. The predicted octanol–water partition coefficient (Wildman–Crippen LogP) is 2.88. The third kappa shape index (κ3) is 6.05. The highest BCUT2D eigenvalue weighted by Gasteiger charge is 2.04. The smallest absolute Gasteiger partial charge is 0.218 e. The second-order valence-corrected chi connectivity index (χ2v) is 4.94. The summed E-state index contributed by atoms with van der Waals surface area (Å²) >= 11 is 0. The van der Waals surface area contributed by atoms with Gasteiger partial charge < -0.3 is 15.4 Å². The quantitative estimate of drug-likeness (QED) is 0.439. The van der Waals surface area contributed by atoms with E-state index in [2.05, 4.69) is 51.8 Å². The Morgan fingerprint density at radius 2 is 1.83 bits per heavy atom. The predicted molar refractivity (Wildman–Crippen MR) is 104 cm³/mol. The lowest BCUT2D eigenvalue weighted by Gasteiger charge is -2.13. The van der Waals surface area contributed by atoms with Gasteiger partial charge in [0.2, 0.25) is 5.88 Å². The van der Waals surface area contributed by atoms with E-state index in [9.17, 15) is 0 Å². The molecule has 0 unspecified atom stereocenters. The second kappa shape index (κ2) is 10.0. The highest BCUT2D eigenvalue weighted by molar-refractivity contribution is 14.0. The van der Waals surface area contributed by atoms with Crippen LogP contribution in [0.1, 0.15) is 16.7 Å². The van der Waals surface area contributed by atoms with E-state index >= 15 is 0 Å². The van der Waals surface area contributed by atoms with E-state index in [-0.39, 0.29) is 24.0 Å². The fraction of sp³-hybridized carbons (Fsp3) is 0.294. The van der Waals surface area contributed by atoms with E-state index in [0.29, 0.717) is 12.4 Å². The number of ether oxygens (including phenoxy) is 1. The molecule has 0 radical (unpaired) electrons. The standard InChI is InChI=1S/C17H22N4O.HI/c1-13-6-8-14(9-7-13)11-20-17(18-2)21-12-15-5-4-10-19-16(15)22-3;/h4-10H,11-12H2,1-3H3,(H2,18,20,21);1H. The van der Waals surface area contributed by atoms with Crippen LogP contribution >= 0.6 is 24.0 Å². The minimum absolute atomic E-state index is 0. The first-order valence-corrected chi connectivity index (χ1v) is 7.21. The van der Waals surface area contributed by atoms with Gasteiger partial charge in [-0.25, -0.2) is 4.98 Å². The molecule has 124 valence electrons. The van der Waals surface area contributed by atoms with Crippen molar-refractivity contribution in [3.8, 4) is 5.88 Å². The largest absolute Gasteiger partial charge is 0.481 e. The molecule has 0 aliphatic heterocycles. The fourth-order valence-electron chi connectivity index (χ4n) is 2.03. The number of nitrogens with zero attached hydrogens (tertiary/aromatic N) is 2. The van der Waals surface area contributed by atoms with Crippen molar-refractivity contribution in [3.63, 3.8) is 0 Å². The lowest BCUT2D eigenvalue weighted by molar-refractivity contribution is 0.392. The van der Waals surface area contributed by atoms with Gasteiger partial charge in [-0.15, -0.1) is 24.0 Å². The van der Waals surface area contributed by atoms with Gasteiger partial charge in [-0.1, -0.05) is 35.9 Å². The first-order chi connectivity index (χ1) is 10.7. The van der Waals surface area contributed by atoms with Crippen LogP contribution in [0.4, 0.5) is 0 Å². The number of rotatable bonds is 5. The van der Waals surface area contributed by atoms with Crippen LogP contribution in [-0.4, -0.2) is 25.1 Å². The Morgan fingerprint density at radius 3 is 2.48 bits per heavy atom. The molecule has 0 amide bonds. The zero-order valence-electron chi connectivity index (χ0n) is 13.7. The third-order valence-electron chi connectivity index (χ3n) is 3.29. The van der Waals surface area contributed by atoms with Gasteiger partial charge in [0.05, 0.1) is 7.11 Å². The number of methoxy groups -OCH3 is 1. The van der Waals surface area contributed by atoms with Crippen LogP contribution in [0.3, 0.4) is 0 Å². The molecule has 0 aliphatic rings. The van der Waals surface area contributed by atoms with Gasteiger partial charge in [-0.05, 0) is 18.6 Å². The monoisotopic (exact) mass is 426 g/mol. The molecule has 0 saturated heterocycles. The molecule has 2 aromatic rings. The van der Waals surface area contributed by atoms with E-state index in [1.165, 1.54) is 11.1 Å². The van der Waals surface area contributed by atoms with Crippen LogP contribution in [0.2, 0.25) is 0 Å². The number of aromatic nitrogens is 1. The molecule has 0 fully saturated rings. The number of aliphatic imine (C=N–C) groups is 1. The van der Waals surface area contributed by atoms with Crippen molar-refractivity contribution in [3.05, 3.63) is 59.3 Å². The average molecular weight is 426 g/mol. The molecule has 5 nitrogen and oxygen atoms in total. The zero-order valence-corrected chi connectivity index (χ0v) is 16.0. The van der Waals surface area contributed by atoms with E-state index in [4.69, 9.17) is 4.74 Å². The summed E-state index contributed by atoms with van der Waals surface area (Å²) in [5.41, 5.74) is 3.46. The molecule has 2 rings (SSSR count). The summed E-state index contributed by atoms with van der Waals surface area (Å²) in [6, 6.07) is 12.3. The molecule has 0 atom stereocenters. The Bertz CT molecular complexity index is 629. The molecule has 1 aromatic heterocycles. The summed E-state index contributed by atoms with van der Waals surface area (Å²) in [6.45, 7) is 3.41. The summed E-state index contributed by atoms with van der Waals surface area (Å²) in [5, 5.41) is 6.55. The molecule has 1 aromatic carbocycles. The van der Waals surface area contributed by atoms with Crippen molar-refractivity contribution < 1.29 is 4.74 Å². The summed E-state index contributed by atoms with van der Waals surface area (Å²) in [6.07, 6.45) is 1.72.